The van der Waals surface area contributed by atoms with E-state index in [0.29, 0.717) is 22.3 Å². The van der Waals surface area contributed by atoms with Crippen LogP contribution in [0.5, 0.6) is 0 Å². The highest BCUT2D eigenvalue weighted by molar-refractivity contribution is 7.27. The summed E-state index contributed by atoms with van der Waals surface area (Å²) in [7, 11) is 0. The lowest BCUT2D eigenvalue weighted by Gasteiger charge is -2.20. The Hall–Kier alpha value is -14.4. The van der Waals surface area contributed by atoms with Gasteiger partial charge in [-0.25, -0.2) is 0 Å². The molecule has 8 aromatic heterocycles. The van der Waals surface area contributed by atoms with E-state index in [4.69, 9.17) is 0 Å². The molecule has 0 saturated carbocycles. The number of nitriles is 4. The standard InChI is InChI=1S/C100H50N8S4/c101-51-55-17-15-19-57(43-55)74-48-84(107-80-30-10-3-23-64(80)67-36-38-69-65-24-5-12-32-86(65)111-99(69)96(67)107)83(47-61(74)54-104)106-79-29-9-2-22-63(79)68-37-39-70-77-45-59(35-41-89(77)112-100(70)97(68)106)76-50-91-94(73-27-7-14-34-88(73)110-91)98-92(76)71-25-4-11-31-81(71)108(98)85-49-75(58-20-16-18-56(44-58)52-102)60(53-103)46-82(85)105-78-28-8-1-21-62(78)66-40-42-90-93(95(66)105)72-26-6-13-33-87(72)109-90/h1-50H. The number of hydrogen-bond donors (Lipinski definition) is 0. The van der Waals surface area contributed by atoms with Crippen molar-refractivity contribution < 1.29 is 0 Å². The second kappa shape index (κ2) is 23.5. The summed E-state index contributed by atoms with van der Waals surface area (Å²) in [5, 5.41) is 62.2. The largest absolute Gasteiger partial charge is 0.306 e. The zero-order chi connectivity index (χ0) is 73.9. The maximum absolute atomic E-state index is 11.7. The van der Waals surface area contributed by atoms with Crippen molar-refractivity contribution in [2.24, 2.45) is 0 Å². The monoisotopic (exact) mass is 1490 g/mol. The molecule has 0 saturated heterocycles. The van der Waals surface area contributed by atoms with Crippen LogP contribution in [-0.4, -0.2) is 18.3 Å². The van der Waals surface area contributed by atoms with Crippen molar-refractivity contribution in [3.05, 3.63) is 326 Å². The molecule has 0 aliphatic carbocycles. The van der Waals surface area contributed by atoms with Crippen molar-refractivity contribution in [2.75, 3.05) is 0 Å². The molecule has 112 heavy (non-hydrogen) atoms. The summed E-state index contributed by atoms with van der Waals surface area (Å²) in [5.74, 6) is 0. The molecule has 24 aromatic rings. The number of benzene rings is 16. The summed E-state index contributed by atoms with van der Waals surface area (Å²) in [6.45, 7) is 0. The van der Waals surface area contributed by atoms with Crippen LogP contribution in [0.25, 0.3) is 224 Å². The van der Waals surface area contributed by atoms with Crippen LogP contribution in [0.1, 0.15) is 22.3 Å². The lowest BCUT2D eigenvalue weighted by atomic mass is 9.95. The van der Waals surface area contributed by atoms with Crippen molar-refractivity contribution in [3.8, 4) is 80.4 Å². The third kappa shape index (κ3) is 8.64. The molecule has 0 amide bonds. The van der Waals surface area contributed by atoms with Crippen LogP contribution in [0, 0.1) is 45.3 Å². The quantitative estimate of drug-likeness (QED) is 0.158. The van der Waals surface area contributed by atoms with Crippen LogP contribution in [0.2, 0.25) is 0 Å². The van der Waals surface area contributed by atoms with Crippen LogP contribution < -0.4 is 0 Å². The van der Waals surface area contributed by atoms with Gasteiger partial charge in [0.25, 0.3) is 0 Å². The van der Waals surface area contributed by atoms with Gasteiger partial charge < -0.3 is 18.3 Å². The molecule has 12 heteroatoms. The molecule has 0 atom stereocenters. The summed E-state index contributed by atoms with van der Waals surface area (Å²) < 4.78 is 19.2. The minimum atomic E-state index is 0.490. The summed E-state index contributed by atoms with van der Waals surface area (Å²) in [6, 6.07) is 118. The van der Waals surface area contributed by atoms with Gasteiger partial charge in [-0.2, -0.15) is 21.0 Å². The SMILES string of the molecule is N#Cc1cccc(-c2cc(-n3c4ccccc4c4ccc5c6ccccc6sc5c43)c(-n3c4ccccc4c4ccc5c6cc(-c7cc8sc9ccccc9c8c8c7c7ccccc7n8-c7cc(-c8cccc(C#N)c8)c(C#N)cc7-n7c8ccccc8c8ccc9sc%10ccccc%10c9c87)ccc6sc5c43)cc2C#N)c1. The second-order valence-corrected chi connectivity index (χ2v) is 33.2. The molecule has 0 fully saturated rings. The third-order valence-electron chi connectivity index (χ3n) is 23.3. The lowest BCUT2D eigenvalue weighted by molar-refractivity contribution is 1.10. The number of hydrogen-bond acceptors (Lipinski definition) is 8. The maximum atomic E-state index is 11.7. The van der Waals surface area contributed by atoms with E-state index in [1.54, 1.807) is 22.7 Å². The Bertz CT molecular complexity index is 8600. The van der Waals surface area contributed by atoms with Crippen molar-refractivity contribution in [2.45, 2.75) is 0 Å². The fourth-order valence-corrected chi connectivity index (χ4v) is 23.3. The fourth-order valence-electron chi connectivity index (χ4n) is 18.6. The molecule has 0 N–H and O–H groups in total. The Morgan fingerprint density at radius 2 is 0.598 bits per heavy atom. The molecule has 0 radical (unpaired) electrons. The van der Waals surface area contributed by atoms with Crippen molar-refractivity contribution in [3.63, 3.8) is 0 Å². The van der Waals surface area contributed by atoms with E-state index in [2.05, 4.69) is 297 Å². The first-order valence-corrected chi connectivity index (χ1v) is 40.3. The number of nitrogens with zero attached hydrogens (tertiary/aromatic N) is 8. The first-order chi connectivity index (χ1) is 55.4. The van der Waals surface area contributed by atoms with Gasteiger partial charge in [-0.05, 0) is 138 Å². The molecule has 8 nitrogen and oxygen atoms in total. The highest BCUT2D eigenvalue weighted by Gasteiger charge is 2.31. The number of aromatic nitrogens is 4. The Kier molecular flexibility index (Phi) is 13.2. The molecule has 0 spiro atoms. The first kappa shape index (κ1) is 62.6. The van der Waals surface area contributed by atoms with E-state index in [-0.39, 0.29) is 0 Å². The maximum Gasteiger partial charge on any atom is 0.0998 e. The van der Waals surface area contributed by atoms with E-state index in [0.717, 1.165) is 179 Å². The van der Waals surface area contributed by atoms with Gasteiger partial charge in [0.05, 0.1) is 123 Å². The van der Waals surface area contributed by atoms with Crippen molar-refractivity contribution in [1.82, 2.24) is 18.3 Å². The van der Waals surface area contributed by atoms with Crippen LogP contribution in [-0.2, 0) is 0 Å². The number of thiophene rings is 4. The highest BCUT2D eigenvalue weighted by atomic mass is 32.1. The molecule has 24 rings (SSSR count). The Labute approximate surface area is 653 Å². The average Bonchev–Trinajstić information content (AvgIpc) is 1.53. The topological polar surface area (TPSA) is 115 Å². The van der Waals surface area contributed by atoms with Crippen molar-refractivity contribution >= 4 is 213 Å². The molecular formula is C100H50N8S4. The van der Waals surface area contributed by atoms with Gasteiger partial charge >= 0.3 is 0 Å². The van der Waals surface area contributed by atoms with Gasteiger partial charge in [-0.3, -0.25) is 0 Å². The molecule has 514 valence electrons. The van der Waals surface area contributed by atoms with Crippen LogP contribution >= 0.6 is 45.3 Å². The molecule has 16 aromatic carbocycles. The minimum Gasteiger partial charge on any atom is -0.306 e. The molecule has 0 aliphatic rings. The number of fused-ring (bicyclic) bond motifs is 28. The normalized spacial score (nSPS) is 12.1. The van der Waals surface area contributed by atoms with Gasteiger partial charge in [0.2, 0.25) is 0 Å². The number of rotatable bonds is 7. The smallest absolute Gasteiger partial charge is 0.0998 e. The first-order valence-electron chi connectivity index (χ1n) is 37.0. The van der Waals surface area contributed by atoms with Gasteiger partial charge in [0.15, 0.2) is 0 Å². The predicted molar refractivity (Wildman–Crippen MR) is 471 cm³/mol. The molecule has 0 unspecified atom stereocenters. The highest BCUT2D eigenvalue weighted by Crippen LogP contribution is 2.54. The second-order valence-electron chi connectivity index (χ2n) is 28.9. The van der Waals surface area contributed by atoms with E-state index >= 15 is 0 Å². The zero-order valence-electron chi connectivity index (χ0n) is 59.1. The summed E-state index contributed by atoms with van der Waals surface area (Å²) >= 11 is 7.22. The third-order valence-corrected chi connectivity index (χ3v) is 27.9. The lowest BCUT2D eigenvalue weighted by Crippen LogP contribution is -2.06. The summed E-state index contributed by atoms with van der Waals surface area (Å²) in [5.41, 5.74) is 19.0. The summed E-state index contributed by atoms with van der Waals surface area (Å²) in [6.07, 6.45) is 0. The van der Waals surface area contributed by atoms with Gasteiger partial charge in [-0.15, -0.1) is 45.3 Å². The Balaban J connectivity index is 0.795. The molecular weight excluding hydrogens is 1440 g/mol. The predicted octanol–water partition coefficient (Wildman–Crippen LogP) is 28.0. The Morgan fingerprint density at radius 3 is 1.13 bits per heavy atom. The van der Waals surface area contributed by atoms with Crippen LogP contribution in [0.4, 0.5) is 0 Å². The van der Waals surface area contributed by atoms with E-state index in [9.17, 15) is 21.0 Å². The van der Waals surface area contributed by atoms with Crippen LogP contribution in [0.15, 0.2) is 303 Å². The minimum absolute atomic E-state index is 0.490. The van der Waals surface area contributed by atoms with Gasteiger partial charge in [0, 0.05) is 126 Å². The average molecular weight is 1490 g/mol. The zero-order valence-corrected chi connectivity index (χ0v) is 62.3. The van der Waals surface area contributed by atoms with E-state index < -0.39 is 0 Å². The Morgan fingerprint density at radius 1 is 0.214 bits per heavy atom. The van der Waals surface area contributed by atoms with E-state index in [1.165, 1.54) is 45.0 Å². The fraction of sp³-hybridized carbons (Fsp3) is 0. The molecule has 0 aliphatic heterocycles. The van der Waals surface area contributed by atoms with Gasteiger partial charge in [-0.1, -0.05) is 188 Å². The number of para-hydroxylation sites is 4. The summed E-state index contributed by atoms with van der Waals surface area (Å²) in [4.78, 5) is 0. The molecule has 0 bridgehead atoms. The van der Waals surface area contributed by atoms with Gasteiger partial charge in [0.1, 0.15) is 0 Å². The van der Waals surface area contributed by atoms with Crippen LogP contribution in [0.3, 0.4) is 0 Å². The van der Waals surface area contributed by atoms with Crippen molar-refractivity contribution in [1.29, 1.82) is 21.0 Å². The molecule has 8 heterocycles. The van der Waals surface area contributed by atoms with E-state index in [1.807, 2.05) is 71.2 Å².